The van der Waals surface area contributed by atoms with E-state index in [1.54, 1.807) is 34.1 Å². The molecule has 0 radical (unpaired) electrons. The number of benzene rings is 2. The first-order valence-corrected chi connectivity index (χ1v) is 13.3. The predicted molar refractivity (Wildman–Crippen MR) is 125 cm³/mol. The number of aliphatic hydroxyl groups excluding tert-OH is 1. The summed E-state index contributed by atoms with van der Waals surface area (Å²) >= 11 is 0. The van der Waals surface area contributed by atoms with Gasteiger partial charge in [-0.25, -0.2) is 13.2 Å². The first-order valence-electron chi connectivity index (χ1n) is 11.7. The number of rotatable bonds is 8. The van der Waals surface area contributed by atoms with Gasteiger partial charge in [-0.3, -0.25) is 4.90 Å². The summed E-state index contributed by atoms with van der Waals surface area (Å²) < 4.78 is 24.7. The molecule has 0 aromatic heterocycles. The monoisotopic (exact) mass is 469 g/mol. The molecule has 0 unspecified atom stereocenters. The highest BCUT2D eigenvalue weighted by molar-refractivity contribution is 7.92. The lowest BCUT2D eigenvalue weighted by Crippen LogP contribution is -2.43. The smallest absolute Gasteiger partial charge is 0.320 e. The van der Waals surface area contributed by atoms with Crippen molar-refractivity contribution in [2.45, 2.75) is 48.6 Å². The molecule has 1 atom stereocenters. The van der Waals surface area contributed by atoms with Crippen LogP contribution in [0.4, 0.5) is 4.79 Å². The average molecular weight is 470 g/mol. The van der Waals surface area contributed by atoms with Gasteiger partial charge >= 0.3 is 6.03 Å². The highest BCUT2D eigenvalue weighted by atomic mass is 32.2. The maximum Gasteiger partial charge on any atom is 0.320 e. The molecule has 1 saturated heterocycles. The van der Waals surface area contributed by atoms with Crippen molar-refractivity contribution in [1.82, 2.24) is 14.7 Å². The van der Waals surface area contributed by atoms with E-state index in [0.717, 1.165) is 37.9 Å². The number of β-amino-alcohol motifs (C(OH)–C–C–N with tert-alkyl or cyclic N) is 1. The van der Waals surface area contributed by atoms with Crippen LogP contribution >= 0.6 is 0 Å². The molecule has 1 aliphatic carbocycles. The topological polar surface area (TPSA) is 81.2 Å². The van der Waals surface area contributed by atoms with Crippen molar-refractivity contribution < 1.29 is 18.3 Å². The van der Waals surface area contributed by atoms with E-state index in [2.05, 4.69) is 29.2 Å². The summed E-state index contributed by atoms with van der Waals surface area (Å²) in [7, 11) is -3.19. The van der Waals surface area contributed by atoms with E-state index >= 15 is 0 Å². The van der Waals surface area contributed by atoms with Crippen molar-refractivity contribution >= 4 is 15.9 Å². The fourth-order valence-electron chi connectivity index (χ4n) is 4.84. The summed E-state index contributed by atoms with van der Waals surface area (Å²) in [4.78, 5) is 19.0. The summed E-state index contributed by atoms with van der Waals surface area (Å²) in [6.07, 6.45) is 1.89. The van der Waals surface area contributed by atoms with E-state index in [0.29, 0.717) is 37.6 Å². The highest BCUT2D eigenvalue weighted by Crippen LogP contribution is 2.33. The van der Waals surface area contributed by atoms with Crippen LogP contribution in [0.5, 0.6) is 0 Å². The maximum atomic E-state index is 12.9. The van der Waals surface area contributed by atoms with Crippen LogP contribution in [0.1, 0.15) is 29.5 Å². The molecule has 2 fully saturated rings. The molecule has 176 valence electrons. The molecule has 8 heteroatoms. The van der Waals surface area contributed by atoms with Crippen LogP contribution in [0.3, 0.4) is 0 Å². The molecule has 2 aromatic carbocycles. The van der Waals surface area contributed by atoms with Crippen LogP contribution in [-0.2, 0) is 29.3 Å². The Morgan fingerprint density at radius 1 is 0.909 bits per heavy atom. The molecule has 0 spiro atoms. The van der Waals surface area contributed by atoms with Crippen molar-refractivity contribution in [3.8, 4) is 0 Å². The van der Waals surface area contributed by atoms with Crippen molar-refractivity contribution in [2.75, 3.05) is 32.7 Å². The van der Waals surface area contributed by atoms with Crippen LogP contribution in [0.25, 0.3) is 0 Å². The molecule has 7 nitrogen and oxygen atoms in total. The zero-order valence-electron chi connectivity index (χ0n) is 18.8. The van der Waals surface area contributed by atoms with Crippen molar-refractivity contribution in [3.05, 3.63) is 65.2 Å². The van der Waals surface area contributed by atoms with E-state index in [-0.39, 0.29) is 11.3 Å². The predicted octanol–water partition coefficient (Wildman–Crippen LogP) is 2.28. The van der Waals surface area contributed by atoms with E-state index < -0.39 is 15.9 Å². The Balaban J connectivity index is 1.12. The molecule has 2 amide bonds. The Kier molecular flexibility index (Phi) is 6.16. The minimum atomic E-state index is -3.19. The molecule has 3 aliphatic rings. The largest absolute Gasteiger partial charge is 0.390 e. The summed E-state index contributed by atoms with van der Waals surface area (Å²) in [5, 5.41) is 10.4. The SMILES string of the molecule is O=C1N(Cc2ccc(S(=O)(=O)C3CC3)cc2)CCN1C[C@H](O)CN1CCc2ccccc2C1. The summed E-state index contributed by atoms with van der Waals surface area (Å²) in [6.45, 7) is 4.26. The third-order valence-corrected chi connectivity index (χ3v) is 9.16. The van der Waals surface area contributed by atoms with E-state index in [1.807, 2.05) is 0 Å². The fourth-order valence-corrected chi connectivity index (χ4v) is 6.50. The van der Waals surface area contributed by atoms with E-state index in [4.69, 9.17) is 0 Å². The lowest BCUT2D eigenvalue weighted by molar-refractivity contribution is 0.0812. The van der Waals surface area contributed by atoms with E-state index in [9.17, 15) is 18.3 Å². The number of carbonyl (C=O) groups excluding carboxylic acids is 1. The summed E-state index contributed by atoms with van der Waals surface area (Å²) in [5.74, 6) is 0. The van der Waals surface area contributed by atoms with Crippen LogP contribution in [0.15, 0.2) is 53.4 Å². The minimum absolute atomic E-state index is 0.0762. The van der Waals surface area contributed by atoms with Gasteiger partial charge in [0.2, 0.25) is 0 Å². The number of urea groups is 1. The van der Waals surface area contributed by atoms with Gasteiger partial charge in [0.15, 0.2) is 9.84 Å². The summed E-state index contributed by atoms with van der Waals surface area (Å²) in [6, 6.07) is 15.3. The Bertz CT molecular complexity index is 1110. The van der Waals surface area contributed by atoms with Gasteiger partial charge in [-0.15, -0.1) is 0 Å². The second-order valence-corrected chi connectivity index (χ2v) is 11.7. The number of nitrogens with zero attached hydrogens (tertiary/aromatic N) is 3. The standard InChI is InChI=1S/C25H31N3O4S/c29-22(17-26-12-11-20-3-1-2-4-21(20)16-26)18-28-14-13-27(25(28)30)15-19-5-7-23(8-6-19)33(31,32)24-9-10-24/h1-8,22,24,29H,9-18H2/t22-/m1/s1. The molecule has 2 aromatic rings. The Morgan fingerprint density at radius 2 is 1.61 bits per heavy atom. The third-order valence-electron chi connectivity index (χ3n) is 6.88. The minimum Gasteiger partial charge on any atom is -0.390 e. The van der Waals surface area contributed by atoms with Crippen LogP contribution in [0.2, 0.25) is 0 Å². The van der Waals surface area contributed by atoms with Gasteiger partial charge in [0, 0.05) is 45.8 Å². The molecular weight excluding hydrogens is 438 g/mol. The molecule has 0 bridgehead atoms. The highest BCUT2D eigenvalue weighted by Gasteiger charge is 2.37. The first-order chi connectivity index (χ1) is 15.9. The van der Waals surface area contributed by atoms with Gasteiger partial charge in [0.05, 0.1) is 16.2 Å². The van der Waals surface area contributed by atoms with Gasteiger partial charge in [-0.2, -0.15) is 0 Å². The normalized spacial score (nSPS) is 20.2. The zero-order chi connectivity index (χ0) is 23.0. The van der Waals surface area contributed by atoms with Gasteiger partial charge in [0.25, 0.3) is 0 Å². The number of fused-ring (bicyclic) bond motifs is 1. The molecule has 1 N–H and O–H groups in total. The van der Waals surface area contributed by atoms with Crippen LogP contribution in [-0.4, -0.2) is 78.3 Å². The number of hydrogen-bond donors (Lipinski definition) is 1. The third kappa shape index (κ3) is 4.93. The fraction of sp³-hybridized carbons (Fsp3) is 0.480. The lowest BCUT2D eigenvalue weighted by Gasteiger charge is -2.31. The van der Waals surface area contributed by atoms with Crippen LogP contribution < -0.4 is 0 Å². The number of sulfone groups is 1. The molecule has 5 rings (SSSR count). The van der Waals surface area contributed by atoms with Crippen molar-refractivity contribution in [2.24, 2.45) is 0 Å². The molecular formula is C25H31N3O4S. The number of hydrogen-bond acceptors (Lipinski definition) is 5. The van der Waals surface area contributed by atoms with Crippen molar-refractivity contribution in [3.63, 3.8) is 0 Å². The molecule has 33 heavy (non-hydrogen) atoms. The summed E-state index contributed by atoms with van der Waals surface area (Å²) in [5.41, 5.74) is 3.61. The van der Waals surface area contributed by atoms with Gasteiger partial charge in [-0.05, 0) is 48.1 Å². The Morgan fingerprint density at radius 3 is 2.33 bits per heavy atom. The van der Waals surface area contributed by atoms with Gasteiger partial charge < -0.3 is 14.9 Å². The van der Waals surface area contributed by atoms with Crippen LogP contribution in [0, 0.1) is 0 Å². The maximum absolute atomic E-state index is 12.9. The second kappa shape index (κ2) is 9.08. The van der Waals surface area contributed by atoms with E-state index in [1.165, 1.54) is 11.1 Å². The molecule has 2 aliphatic heterocycles. The second-order valence-electron chi connectivity index (χ2n) is 9.45. The lowest BCUT2D eigenvalue weighted by atomic mass is 10.00. The van der Waals surface area contributed by atoms with Gasteiger partial charge in [-0.1, -0.05) is 36.4 Å². The number of aliphatic hydroxyl groups is 1. The Hall–Kier alpha value is -2.42. The van der Waals surface area contributed by atoms with Gasteiger partial charge in [0.1, 0.15) is 0 Å². The average Bonchev–Trinajstić information content (AvgIpc) is 3.62. The molecule has 2 heterocycles. The zero-order valence-corrected chi connectivity index (χ0v) is 19.6. The molecule has 1 saturated carbocycles. The first kappa shape index (κ1) is 22.4. The number of carbonyl (C=O) groups is 1. The van der Waals surface area contributed by atoms with Crippen molar-refractivity contribution in [1.29, 1.82) is 0 Å². The Labute approximate surface area is 195 Å². The quantitative estimate of drug-likeness (QED) is 0.642. The number of amides is 2.